The van der Waals surface area contributed by atoms with Crippen LogP contribution in [0.2, 0.25) is 0 Å². The van der Waals surface area contributed by atoms with E-state index in [0.29, 0.717) is 30.9 Å². The third-order valence-corrected chi connectivity index (χ3v) is 3.38. The second kappa shape index (κ2) is 4.14. The third-order valence-electron chi connectivity index (χ3n) is 3.38. The molecule has 1 aliphatic heterocycles. The minimum Gasteiger partial charge on any atom is -0.408 e. The fourth-order valence-electron chi connectivity index (χ4n) is 2.26. The molecule has 2 heterocycles. The van der Waals surface area contributed by atoms with Crippen LogP contribution in [0.25, 0.3) is 11.1 Å². The molecule has 1 N–H and O–H groups in total. The lowest BCUT2D eigenvalue weighted by molar-refractivity contribution is -0.0716. The van der Waals surface area contributed by atoms with Crippen LogP contribution in [-0.4, -0.2) is 31.8 Å². The molecule has 0 spiro atoms. The number of benzene rings is 1. The number of aromatic amines is 1. The Morgan fingerprint density at radius 1 is 1.53 bits per heavy atom. The van der Waals surface area contributed by atoms with Crippen LogP contribution >= 0.6 is 0 Å². The highest BCUT2D eigenvalue weighted by atomic mass is 16.5. The number of anilines is 1. The Kier molecular flexibility index (Phi) is 2.57. The minimum absolute atomic E-state index is 0.423. The molecule has 6 heteroatoms. The van der Waals surface area contributed by atoms with E-state index in [-0.39, 0.29) is 0 Å². The molecular weight excluding hydrogens is 246 g/mol. The maximum atomic E-state index is 11.1. The van der Waals surface area contributed by atoms with Gasteiger partial charge in [0.05, 0.1) is 24.8 Å². The van der Waals surface area contributed by atoms with Gasteiger partial charge in [-0.2, -0.15) is 5.26 Å². The van der Waals surface area contributed by atoms with Gasteiger partial charge in [0.1, 0.15) is 5.41 Å². The predicted molar refractivity (Wildman–Crippen MR) is 69.0 cm³/mol. The van der Waals surface area contributed by atoms with Crippen LogP contribution in [0, 0.1) is 16.7 Å². The molecule has 1 aromatic heterocycles. The smallest absolute Gasteiger partial charge is 0.408 e. The number of nitrogens with one attached hydrogen (secondary N) is 1. The molecule has 3 rings (SSSR count). The average molecular weight is 259 g/mol. The van der Waals surface area contributed by atoms with Crippen LogP contribution in [0.4, 0.5) is 5.69 Å². The number of hydrogen-bond donors (Lipinski definition) is 1. The molecule has 1 aromatic carbocycles. The quantitative estimate of drug-likeness (QED) is 0.892. The number of oxazole rings is 1. The van der Waals surface area contributed by atoms with Crippen LogP contribution in [0.5, 0.6) is 0 Å². The van der Waals surface area contributed by atoms with Gasteiger partial charge in [-0.15, -0.1) is 0 Å². The molecule has 0 atom stereocenters. The SMILES string of the molecule is CN(CC1(C#N)COC1)c1ccc2oc(=O)[nH]c2c1. The second-order valence-corrected chi connectivity index (χ2v) is 4.94. The molecule has 0 radical (unpaired) electrons. The van der Waals surface area contributed by atoms with E-state index >= 15 is 0 Å². The summed E-state index contributed by atoms with van der Waals surface area (Å²) in [5, 5.41) is 9.19. The van der Waals surface area contributed by atoms with Gasteiger partial charge in [0.2, 0.25) is 0 Å². The summed E-state index contributed by atoms with van der Waals surface area (Å²) >= 11 is 0. The van der Waals surface area contributed by atoms with Crippen molar-refractivity contribution in [2.75, 3.05) is 31.7 Å². The summed E-state index contributed by atoms with van der Waals surface area (Å²) < 4.78 is 10.1. The lowest BCUT2D eigenvalue weighted by Crippen LogP contribution is -2.49. The van der Waals surface area contributed by atoms with E-state index in [0.717, 1.165) is 5.69 Å². The van der Waals surface area contributed by atoms with Crippen molar-refractivity contribution in [3.8, 4) is 6.07 Å². The molecule has 1 saturated heterocycles. The highest BCUT2D eigenvalue weighted by molar-refractivity contribution is 5.77. The van der Waals surface area contributed by atoms with Gasteiger partial charge in [-0.25, -0.2) is 4.79 Å². The van der Waals surface area contributed by atoms with Crippen LogP contribution in [0.15, 0.2) is 27.4 Å². The van der Waals surface area contributed by atoms with Gasteiger partial charge >= 0.3 is 5.76 Å². The van der Waals surface area contributed by atoms with Crippen molar-refractivity contribution >= 4 is 16.8 Å². The van der Waals surface area contributed by atoms with E-state index in [1.54, 1.807) is 6.07 Å². The third kappa shape index (κ3) is 1.98. The van der Waals surface area contributed by atoms with Crippen molar-refractivity contribution < 1.29 is 9.15 Å². The number of ether oxygens (including phenoxy) is 1. The molecular formula is C13H13N3O3. The van der Waals surface area contributed by atoms with Gasteiger partial charge < -0.3 is 14.1 Å². The molecule has 0 bridgehead atoms. The maximum absolute atomic E-state index is 11.1. The molecule has 0 saturated carbocycles. The summed E-state index contributed by atoms with van der Waals surface area (Å²) in [5.41, 5.74) is 1.69. The van der Waals surface area contributed by atoms with Crippen molar-refractivity contribution in [2.24, 2.45) is 5.41 Å². The number of fused-ring (bicyclic) bond motifs is 1. The first-order valence-electron chi connectivity index (χ1n) is 5.95. The monoisotopic (exact) mass is 259 g/mol. The normalized spacial score (nSPS) is 16.8. The summed E-state index contributed by atoms with van der Waals surface area (Å²) in [6, 6.07) is 7.76. The van der Waals surface area contributed by atoms with E-state index < -0.39 is 11.2 Å². The molecule has 98 valence electrons. The number of rotatable bonds is 3. The second-order valence-electron chi connectivity index (χ2n) is 4.94. The van der Waals surface area contributed by atoms with Crippen molar-refractivity contribution in [2.45, 2.75) is 0 Å². The largest absolute Gasteiger partial charge is 0.417 e. The number of hydrogen-bond acceptors (Lipinski definition) is 5. The number of nitriles is 1. The first-order chi connectivity index (χ1) is 9.12. The number of H-pyrrole nitrogens is 1. The van der Waals surface area contributed by atoms with E-state index in [2.05, 4.69) is 11.1 Å². The van der Waals surface area contributed by atoms with Crippen LogP contribution in [-0.2, 0) is 4.74 Å². The number of nitrogens with zero attached hydrogens (tertiary/aromatic N) is 2. The van der Waals surface area contributed by atoms with Gasteiger partial charge in [-0.1, -0.05) is 0 Å². The molecule has 19 heavy (non-hydrogen) atoms. The van der Waals surface area contributed by atoms with Crippen molar-refractivity contribution in [3.63, 3.8) is 0 Å². The Morgan fingerprint density at radius 2 is 2.32 bits per heavy atom. The highest BCUT2D eigenvalue weighted by Gasteiger charge is 2.40. The minimum atomic E-state index is -0.462. The fraction of sp³-hybridized carbons (Fsp3) is 0.385. The van der Waals surface area contributed by atoms with Crippen LogP contribution in [0.3, 0.4) is 0 Å². The fourth-order valence-corrected chi connectivity index (χ4v) is 2.26. The predicted octanol–water partition coefficient (Wildman–Crippen LogP) is 1.10. The van der Waals surface area contributed by atoms with Gasteiger partial charge in [-0.3, -0.25) is 4.98 Å². The molecule has 2 aromatic rings. The lowest BCUT2D eigenvalue weighted by Gasteiger charge is -2.38. The topological polar surface area (TPSA) is 82.3 Å². The van der Waals surface area contributed by atoms with Crippen LogP contribution < -0.4 is 10.7 Å². The van der Waals surface area contributed by atoms with Crippen molar-refractivity contribution in [1.82, 2.24) is 4.98 Å². The summed E-state index contributed by atoms with van der Waals surface area (Å²) in [4.78, 5) is 15.7. The highest BCUT2D eigenvalue weighted by Crippen LogP contribution is 2.29. The van der Waals surface area contributed by atoms with Gasteiger partial charge in [0.15, 0.2) is 5.58 Å². The van der Waals surface area contributed by atoms with Crippen molar-refractivity contribution in [1.29, 1.82) is 5.26 Å². The summed E-state index contributed by atoms with van der Waals surface area (Å²) in [5.74, 6) is -0.462. The zero-order valence-electron chi connectivity index (χ0n) is 10.5. The summed E-state index contributed by atoms with van der Waals surface area (Å²) in [6.07, 6.45) is 0. The Labute approximate surface area is 109 Å². The summed E-state index contributed by atoms with van der Waals surface area (Å²) in [6.45, 7) is 1.54. The first kappa shape index (κ1) is 11.8. The first-order valence-corrected chi connectivity index (χ1v) is 5.95. The standard InChI is InChI=1S/C13H13N3O3/c1-16(6-13(5-14)7-18-8-13)9-2-3-11-10(4-9)15-12(17)19-11/h2-4H,6-8H2,1H3,(H,15,17). The van der Waals surface area contributed by atoms with Crippen molar-refractivity contribution in [3.05, 3.63) is 28.7 Å². The Balaban J connectivity index is 1.87. The zero-order chi connectivity index (χ0) is 13.5. The van der Waals surface area contributed by atoms with Gasteiger partial charge in [-0.05, 0) is 18.2 Å². The van der Waals surface area contributed by atoms with E-state index in [4.69, 9.17) is 9.15 Å². The maximum Gasteiger partial charge on any atom is 0.417 e. The summed E-state index contributed by atoms with van der Waals surface area (Å²) in [7, 11) is 1.91. The molecule has 6 nitrogen and oxygen atoms in total. The van der Waals surface area contributed by atoms with Crippen LogP contribution in [0.1, 0.15) is 0 Å². The Bertz CT molecular complexity index is 706. The Hall–Kier alpha value is -2.26. The Morgan fingerprint density at radius 3 is 2.95 bits per heavy atom. The molecule has 0 unspecified atom stereocenters. The zero-order valence-corrected chi connectivity index (χ0v) is 10.5. The van der Waals surface area contributed by atoms with Gasteiger partial charge in [0, 0.05) is 19.3 Å². The average Bonchev–Trinajstić information content (AvgIpc) is 2.72. The molecule has 1 aliphatic rings. The van der Waals surface area contributed by atoms with E-state index in [1.807, 2.05) is 24.1 Å². The molecule has 0 amide bonds. The molecule has 0 aliphatic carbocycles. The lowest BCUT2D eigenvalue weighted by atomic mass is 9.87. The molecule has 1 fully saturated rings. The number of aromatic nitrogens is 1. The van der Waals surface area contributed by atoms with E-state index in [9.17, 15) is 10.1 Å². The van der Waals surface area contributed by atoms with E-state index in [1.165, 1.54) is 0 Å². The van der Waals surface area contributed by atoms with Gasteiger partial charge in [0.25, 0.3) is 0 Å².